The van der Waals surface area contributed by atoms with Gasteiger partial charge in [0.05, 0.1) is 12.1 Å². The molecule has 1 aliphatic carbocycles. The summed E-state index contributed by atoms with van der Waals surface area (Å²) < 4.78 is 0. The van der Waals surface area contributed by atoms with Crippen molar-refractivity contribution in [1.29, 1.82) is 0 Å². The number of allylic oxidation sites excluding steroid dienone is 2. The van der Waals surface area contributed by atoms with Gasteiger partial charge in [-0.2, -0.15) is 0 Å². The molecule has 3 rings (SSSR count). The van der Waals surface area contributed by atoms with E-state index in [1.165, 1.54) is 22.6 Å². The molecule has 0 spiro atoms. The summed E-state index contributed by atoms with van der Waals surface area (Å²) in [5.41, 5.74) is 6.46. The van der Waals surface area contributed by atoms with Crippen molar-refractivity contribution < 1.29 is 0 Å². The fourth-order valence-electron chi connectivity index (χ4n) is 5.33. The highest BCUT2D eigenvalue weighted by molar-refractivity contribution is 5.87. The van der Waals surface area contributed by atoms with Crippen molar-refractivity contribution in [3.05, 3.63) is 22.3 Å². The standard InChI is InChI=1S/C21H34N2/c1-11-15-22-17-14(4)12(2)13(3)16-18(17)23(15)21(9,10)20(7,8)19(16,5)6/h17-18H,11H2,1-10H3. The van der Waals surface area contributed by atoms with Crippen LogP contribution >= 0.6 is 0 Å². The summed E-state index contributed by atoms with van der Waals surface area (Å²) in [5.74, 6) is 1.30. The first-order valence-corrected chi connectivity index (χ1v) is 9.16. The third kappa shape index (κ3) is 1.68. The maximum absolute atomic E-state index is 5.21. The average molecular weight is 315 g/mol. The fraction of sp³-hybridized carbons (Fsp3) is 0.762. The molecular weight excluding hydrogens is 280 g/mol. The van der Waals surface area contributed by atoms with Crippen molar-refractivity contribution in [3.63, 3.8) is 0 Å². The van der Waals surface area contributed by atoms with Gasteiger partial charge in [0.15, 0.2) is 0 Å². The largest absolute Gasteiger partial charge is 0.345 e. The molecule has 23 heavy (non-hydrogen) atoms. The topological polar surface area (TPSA) is 15.6 Å². The SMILES string of the molecule is CCC1=NC2C(C)=C(C)C(C)=C3C2N1C(C)(C)C(C)(C)C3(C)C. The lowest BCUT2D eigenvalue weighted by molar-refractivity contribution is -0.0666. The molecule has 2 unspecified atom stereocenters. The van der Waals surface area contributed by atoms with Gasteiger partial charge in [0, 0.05) is 12.0 Å². The van der Waals surface area contributed by atoms with E-state index in [1.54, 1.807) is 5.57 Å². The molecule has 0 N–H and O–H groups in total. The van der Waals surface area contributed by atoms with Gasteiger partial charge in [-0.1, -0.05) is 34.6 Å². The van der Waals surface area contributed by atoms with Crippen LogP contribution in [0.2, 0.25) is 0 Å². The van der Waals surface area contributed by atoms with Crippen molar-refractivity contribution in [2.24, 2.45) is 15.8 Å². The normalized spacial score (nSPS) is 33.8. The van der Waals surface area contributed by atoms with E-state index >= 15 is 0 Å². The first-order chi connectivity index (χ1) is 10.4. The Morgan fingerprint density at radius 2 is 1.52 bits per heavy atom. The Hall–Kier alpha value is -1.05. The number of hydrogen-bond acceptors (Lipinski definition) is 2. The molecular formula is C21H34N2. The smallest absolute Gasteiger partial charge is 0.100 e. The van der Waals surface area contributed by atoms with E-state index < -0.39 is 0 Å². The number of rotatable bonds is 1. The molecule has 0 aromatic heterocycles. The number of nitrogens with zero attached hydrogens (tertiary/aromatic N) is 2. The molecule has 128 valence electrons. The highest BCUT2D eigenvalue weighted by atomic mass is 15.4. The lowest BCUT2D eigenvalue weighted by Gasteiger charge is -2.66. The molecule has 1 saturated heterocycles. The van der Waals surface area contributed by atoms with Crippen molar-refractivity contribution in [2.45, 2.75) is 93.3 Å². The fourth-order valence-corrected chi connectivity index (χ4v) is 5.33. The van der Waals surface area contributed by atoms with Crippen LogP contribution in [-0.4, -0.2) is 28.4 Å². The Kier molecular flexibility index (Phi) is 3.30. The van der Waals surface area contributed by atoms with Crippen LogP contribution in [0.15, 0.2) is 27.3 Å². The zero-order valence-electron chi connectivity index (χ0n) is 16.8. The monoisotopic (exact) mass is 314 g/mol. The van der Waals surface area contributed by atoms with Gasteiger partial charge in [0.1, 0.15) is 5.84 Å². The predicted molar refractivity (Wildman–Crippen MR) is 99.9 cm³/mol. The van der Waals surface area contributed by atoms with Gasteiger partial charge >= 0.3 is 0 Å². The molecule has 3 aliphatic rings. The average Bonchev–Trinajstić information content (AvgIpc) is 2.83. The van der Waals surface area contributed by atoms with Crippen LogP contribution in [0.3, 0.4) is 0 Å². The molecule has 2 nitrogen and oxygen atoms in total. The number of piperidine rings is 1. The van der Waals surface area contributed by atoms with E-state index in [2.05, 4.69) is 74.1 Å². The van der Waals surface area contributed by atoms with Gasteiger partial charge in [0.25, 0.3) is 0 Å². The summed E-state index contributed by atoms with van der Waals surface area (Å²) in [7, 11) is 0. The number of aliphatic imine (C=N–C) groups is 1. The minimum absolute atomic E-state index is 0.0834. The maximum Gasteiger partial charge on any atom is 0.100 e. The third-order valence-electron chi connectivity index (χ3n) is 8.12. The number of hydrogen-bond donors (Lipinski definition) is 0. The van der Waals surface area contributed by atoms with Gasteiger partial charge in [0.2, 0.25) is 0 Å². The van der Waals surface area contributed by atoms with E-state index in [0.29, 0.717) is 12.1 Å². The summed E-state index contributed by atoms with van der Waals surface area (Å²) in [6.07, 6.45) is 1.02. The van der Waals surface area contributed by atoms with Crippen molar-refractivity contribution >= 4 is 5.84 Å². The Morgan fingerprint density at radius 1 is 0.957 bits per heavy atom. The summed E-state index contributed by atoms with van der Waals surface area (Å²) in [5, 5.41) is 0. The second kappa shape index (κ2) is 4.52. The predicted octanol–water partition coefficient (Wildman–Crippen LogP) is 5.36. The molecule has 2 heteroatoms. The molecule has 0 radical (unpaired) electrons. The molecule has 2 heterocycles. The van der Waals surface area contributed by atoms with E-state index in [1.807, 2.05) is 0 Å². The van der Waals surface area contributed by atoms with E-state index in [4.69, 9.17) is 4.99 Å². The van der Waals surface area contributed by atoms with Crippen LogP contribution in [0.1, 0.15) is 75.7 Å². The lowest BCUT2D eigenvalue weighted by Crippen LogP contribution is -2.70. The molecule has 0 saturated carbocycles. The zero-order chi connectivity index (χ0) is 17.5. The van der Waals surface area contributed by atoms with Gasteiger partial charge in [-0.3, -0.25) is 4.99 Å². The van der Waals surface area contributed by atoms with Crippen molar-refractivity contribution in [3.8, 4) is 0 Å². The van der Waals surface area contributed by atoms with Gasteiger partial charge in [-0.15, -0.1) is 0 Å². The number of amidine groups is 1. The van der Waals surface area contributed by atoms with Crippen LogP contribution in [0.5, 0.6) is 0 Å². The van der Waals surface area contributed by atoms with Crippen LogP contribution in [-0.2, 0) is 0 Å². The van der Waals surface area contributed by atoms with Crippen LogP contribution in [0.25, 0.3) is 0 Å². The van der Waals surface area contributed by atoms with Crippen LogP contribution in [0.4, 0.5) is 0 Å². The zero-order valence-corrected chi connectivity index (χ0v) is 16.8. The summed E-state index contributed by atoms with van der Waals surface area (Å²) >= 11 is 0. The summed E-state index contributed by atoms with van der Waals surface area (Å²) in [6.45, 7) is 23.8. The summed E-state index contributed by atoms with van der Waals surface area (Å²) in [4.78, 5) is 7.89. The molecule has 0 amide bonds. The van der Waals surface area contributed by atoms with E-state index in [9.17, 15) is 0 Å². The van der Waals surface area contributed by atoms with Crippen LogP contribution in [0, 0.1) is 10.8 Å². The Labute approximate surface area is 142 Å². The van der Waals surface area contributed by atoms with Gasteiger partial charge in [-0.05, 0) is 67.7 Å². The minimum Gasteiger partial charge on any atom is -0.345 e. The molecule has 0 bridgehead atoms. The molecule has 2 atom stereocenters. The molecule has 2 aliphatic heterocycles. The van der Waals surface area contributed by atoms with E-state index in [-0.39, 0.29) is 16.4 Å². The third-order valence-corrected chi connectivity index (χ3v) is 8.12. The molecule has 0 aromatic carbocycles. The van der Waals surface area contributed by atoms with Crippen molar-refractivity contribution in [2.75, 3.05) is 0 Å². The van der Waals surface area contributed by atoms with Gasteiger partial charge in [-0.25, -0.2) is 0 Å². The second-order valence-electron chi connectivity index (χ2n) is 9.31. The quantitative estimate of drug-likeness (QED) is 0.636. The Bertz CT molecular complexity index is 655. The second-order valence-corrected chi connectivity index (χ2v) is 9.31. The Morgan fingerprint density at radius 3 is 2.04 bits per heavy atom. The summed E-state index contributed by atoms with van der Waals surface area (Å²) in [6, 6.07) is 0.741. The minimum atomic E-state index is 0.0834. The van der Waals surface area contributed by atoms with Crippen LogP contribution < -0.4 is 0 Å². The molecule has 0 aromatic rings. The Balaban J connectivity index is 2.37. The van der Waals surface area contributed by atoms with E-state index in [0.717, 1.165) is 6.42 Å². The highest BCUT2D eigenvalue weighted by Crippen LogP contribution is 2.63. The first-order valence-electron chi connectivity index (χ1n) is 9.16. The van der Waals surface area contributed by atoms with Crippen molar-refractivity contribution in [1.82, 2.24) is 4.90 Å². The highest BCUT2D eigenvalue weighted by Gasteiger charge is 2.64. The molecule has 1 fully saturated rings. The first kappa shape index (κ1) is 16.8. The lowest BCUT2D eigenvalue weighted by atomic mass is 9.49. The maximum atomic E-state index is 5.21. The van der Waals surface area contributed by atoms with Gasteiger partial charge < -0.3 is 4.90 Å².